The zero-order valence-electron chi connectivity index (χ0n) is 11.2. The molecular formula is C11H16N2O6S2. The number of aliphatic carboxylic acids is 1. The number of hydrogen-bond acceptors (Lipinski definition) is 5. The van der Waals surface area contributed by atoms with Gasteiger partial charge in [0, 0.05) is 0 Å². The zero-order chi connectivity index (χ0) is 16.3. The fourth-order valence-corrected chi connectivity index (χ4v) is 3.50. The molecule has 1 rings (SSSR count). The van der Waals surface area contributed by atoms with E-state index in [-0.39, 0.29) is 16.2 Å². The smallest absolute Gasteiger partial charge is 0.321 e. The third-order valence-corrected chi connectivity index (χ3v) is 5.00. The van der Waals surface area contributed by atoms with Gasteiger partial charge in [-0.1, -0.05) is 19.4 Å². The van der Waals surface area contributed by atoms with Gasteiger partial charge in [0.1, 0.15) is 6.04 Å². The monoisotopic (exact) mass is 336 g/mol. The van der Waals surface area contributed by atoms with Crippen molar-refractivity contribution in [2.75, 3.05) is 0 Å². The summed E-state index contributed by atoms with van der Waals surface area (Å²) < 4.78 is 48.6. The average molecular weight is 336 g/mol. The van der Waals surface area contributed by atoms with Gasteiger partial charge in [0.15, 0.2) is 0 Å². The molecule has 0 aliphatic heterocycles. The Morgan fingerprint density at radius 2 is 1.86 bits per heavy atom. The highest BCUT2D eigenvalue weighted by Gasteiger charge is 2.25. The summed E-state index contributed by atoms with van der Waals surface area (Å²) in [6, 6.07) is 3.11. The van der Waals surface area contributed by atoms with E-state index >= 15 is 0 Å². The fraction of sp³-hybridized carbons (Fsp3) is 0.364. The van der Waals surface area contributed by atoms with E-state index < -0.39 is 32.1 Å². The minimum atomic E-state index is -4.16. The minimum Gasteiger partial charge on any atom is -0.480 e. The van der Waals surface area contributed by atoms with Crippen molar-refractivity contribution in [3.05, 3.63) is 24.3 Å². The lowest BCUT2D eigenvalue weighted by molar-refractivity contribution is -0.139. The van der Waals surface area contributed by atoms with Gasteiger partial charge in [0.25, 0.3) is 0 Å². The molecule has 0 saturated carbocycles. The lowest BCUT2D eigenvalue weighted by Gasteiger charge is -2.14. The van der Waals surface area contributed by atoms with Crippen LogP contribution in [0.5, 0.6) is 0 Å². The first-order valence-electron chi connectivity index (χ1n) is 5.96. The third kappa shape index (κ3) is 4.77. The number of nitrogens with two attached hydrogens (primary N) is 1. The van der Waals surface area contributed by atoms with E-state index in [4.69, 9.17) is 10.2 Å². The van der Waals surface area contributed by atoms with Gasteiger partial charge >= 0.3 is 5.97 Å². The topological polar surface area (TPSA) is 144 Å². The molecule has 0 aliphatic carbocycles. The van der Waals surface area contributed by atoms with Crippen LogP contribution < -0.4 is 9.86 Å². The van der Waals surface area contributed by atoms with Crippen molar-refractivity contribution in [2.24, 2.45) is 5.14 Å². The van der Waals surface area contributed by atoms with Crippen LogP contribution in [0.3, 0.4) is 0 Å². The number of carboxylic acids is 1. The van der Waals surface area contributed by atoms with Crippen molar-refractivity contribution in [2.45, 2.75) is 35.6 Å². The van der Waals surface area contributed by atoms with E-state index in [9.17, 15) is 21.6 Å². The molecule has 1 unspecified atom stereocenters. The molecule has 1 aromatic carbocycles. The minimum absolute atomic E-state index is 0.115. The maximum absolute atomic E-state index is 12.1. The largest absolute Gasteiger partial charge is 0.480 e. The van der Waals surface area contributed by atoms with Crippen molar-refractivity contribution in [3.63, 3.8) is 0 Å². The van der Waals surface area contributed by atoms with E-state index in [0.717, 1.165) is 18.2 Å². The second-order valence-corrected chi connectivity index (χ2v) is 7.60. The molecule has 1 aromatic rings. The maximum Gasteiger partial charge on any atom is 0.321 e. The Kier molecular flexibility index (Phi) is 5.45. The molecule has 0 bridgehead atoms. The number of rotatable bonds is 7. The predicted octanol–water partition coefficient (Wildman–Crippen LogP) is -0.134. The van der Waals surface area contributed by atoms with Crippen LogP contribution in [0.25, 0.3) is 0 Å². The van der Waals surface area contributed by atoms with E-state index in [0.29, 0.717) is 6.42 Å². The van der Waals surface area contributed by atoms with Gasteiger partial charge in [-0.05, 0) is 24.6 Å². The molecule has 118 valence electrons. The number of carboxylic acid groups (broad SMARTS) is 1. The molecule has 1 atom stereocenters. The van der Waals surface area contributed by atoms with E-state index in [1.807, 2.05) is 4.72 Å². The molecule has 0 radical (unpaired) electrons. The van der Waals surface area contributed by atoms with Crippen LogP contribution in [0.1, 0.15) is 19.8 Å². The Morgan fingerprint density at radius 1 is 1.29 bits per heavy atom. The first-order valence-corrected chi connectivity index (χ1v) is 8.99. The number of sulfonamides is 2. The summed E-state index contributed by atoms with van der Waals surface area (Å²) in [6.07, 6.45) is 0.583. The number of nitrogens with one attached hydrogen (secondary N) is 1. The van der Waals surface area contributed by atoms with E-state index in [1.165, 1.54) is 6.07 Å². The highest BCUT2D eigenvalue weighted by atomic mass is 32.2. The van der Waals surface area contributed by atoms with Crippen LogP contribution in [0, 0.1) is 0 Å². The molecule has 21 heavy (non-hydrogen) atoms. The summed E-state index contributed by atoms with van der Waals surface area (Å²) in [6.45, 7) is 1.71. The second-order valence-electron chi connectivity index (χ2n) is 4.32. The van der Waals surface area contributed by atoms with Gasteiger partial charge in [0.2, 0.25) is 20.0 Å². The van der Waals surface area contributed by atoms with Gasteiger partial charge in [-0.25, -0.2) is 22.0 Å². The Labute approximate surface area is 123 Å². The van der Waals surface area contributed by atoms with Gasteiger partial charge < -0.3 is 5.11 Å². The molecule has 0 fully saturated rings. The Morgan fingerprint density at radius 3 is 2.33 bits per heavy atom. The number of benzene rings is 1. The number of carbonyl (C=O) groups is 1. The molecule has 0 amide bonds. The van der Waals surface area contributed by atoms with Gasteiger partial charge in [0.05, 0.1) is 9.79 Å². The van der Waals surface area contributed by atoms with Crippen molar-refractivity contribution in [1.29, 1.82) is 0 Å². The molecule has 0 saturated heterocycles. The summed E-state index contributed by atoms with van der Waals surface area (Å²) in [5.41, 5.74) is 0. The maximum atomic E-state index is 12.1. The van der Waals surface area contributed by atoms with Crippen LogP contribution >= 0.6 is 0 Å². The first kappa shape index (κ1) is 17.6. The highest BCUT2D eigenvalue weighted by molar-refractivity contribution is 7.90. The molecule has 4 N–H and O–H groups in total. The fourth-order valence-electron chi connectivity index (χ4n) is 1.60. The third-order valence-electron chi connectivity index (χ3n) is 2.62. The SMILES string of the molecule is CCCC(NS(=O)(=O)c1cccc(S(N)(=O)=O)c1)C(=O)O. The van der Waals surface area contributed by atoms with E-state index in [2.05, 4.69) is 0 Å². The normalized spacial score (nSPS) is 13.8. The summed E-state index contributed by atoms with van der Waals surface area (Å²) in [7, 11) is -8.21. The summed E-state index contributed by atoms with van der Waals surface area (Å²) in [5.74, 6) is -1.30. The van der Waals surface area contributed by atoms with E-state index in [1.54, 1.807) is 6.92 Å². The number of primary sulfonamides is 1. The van der Waals surface area contributed by atoms with Crippen LogP contribution in [0.2, 0.25) is 0 Å². The Bertz CT molecular complexity index is 727. The standard InChI is InChI=1S/C11H16N2O6S2/c1-2-4-10(11(14)15)13-21(18,19)9-6-3-5-8(7-9)20(12,16)17/h3,5-7,10,13H,2,4H2,1H3,(H,14,15)(H2,12,16,17). The van der Waals surface area contributed by atoms with Crippen LogP contribution in [0.4, 0.5) is 0 Å². The Balaban J connectivity index is 3.16. The summed E-state index contributed by atoms with van der Waals surface area (Å²) >= 11 is 0. The molecule has 0 aromatic heterocycles. The summed E-state index contributed by atoms with van der Waals surface area (Å²) in [5, 5.41) is 13.9. The Hall–Kier alpha value is -1.49. The van der Waals surface area contributed by atoms with Crippen molar-refractivity contribution < 1.29 is 26.7 Å². The molecule has 0 heterocycles. The molecule has 0 spiro atoms. The van der Waals surface area contributed by atoms with Crippen LogP contribution in [-0.2, 0) is 24.8 Å². The molecule has 0 aliphatic rings. The van der Waals surface area contributed by atoms with Crippen molar-refractivity contribution in [3.8, 4) is 0 Å². The van der Waals surface area contributed by atoms with Gasteiger partial charge in [-0.3, -0.25) is 4.79 Å². The lowest BCUT2D eigenvalue weighted by Crippen LogP contribution is -2.40. The van der Waals surface area contributed by atoms with Crippen LogP contribution in [0.15, 0.2) is 34.1 Å². The average Bonchev–Trinajstić information content (AvgIpc) is 2.37. The molecule has 8 nitrogen and oxygen atoms in total. The zero-order valence-corrected chi connectivity index (χ0v) is 12.8. The second kappa shape index (κ2) is 6.52. The highest BCUT2D eigenvalue weighted by Crippen LogP contribution is 2.15. The lowest BCUT2D eigenvalue weighted by atomic mass is 10.2. The van der Waals surface area contributed by atoms with Gasteiger partial charge in [-0.15, -0.1) is 0 Å². The quantitative estimate of drug-likeness (QED) is 0.632. The molecule has 10 heteroatoms. The van der Waals surface area contributed by atoms with Gasteiger partial charge in [-0.2, -0.15) is 4.72 Å². The first-order chi connectivity index (χ1) is 9.58. The van der Waals surface area contributed by atoms with Crippen molar-refractivity contribution in [1.82, 2.24) is 4.72 Å². The number of hydrogen-bond donors (Lipinski definition) is 3. The molecular weight excluding hydrogens is 320 g/mol. The predicted molar refractivity (Wildman–Crippen MR) is 74.5 cm³/mol. The van der Waals surface area contributed by atoms with Crippen LogP contribution in [-0.4, -0.2) is 34.0 Å². The van der Waals surface area contributed by atoms with Crippen molar-refractivity contribution >= 4 is 26.0 Å². The summed E-state index contributed by atoms with van der Waals surface area (Å²) in [4.78, 5) is 10.2.